The maximum absolute atomic E-state index is 14.5. The molecule has 1 aromatic rings. The fourth-order valence-corrected chi connectivity index (χ4v) is 5.56. The van der Waals surface area contributed by atoms with Crippen LogP contribution in [0, 0.1) is 5.82 Å². The van der Waals surface area contributed by atoms with E-state index in [1.54, 1.807) is 4.90 Å². The number of fused-ring (bicyclic) bond motifs is 2. The minimum Gasteiger partial charge on any atom is -0.391 e. The number of benzene rings is 1. The SMILES string of the molecule is CN1C=C2C(=C(C3=CCN(CC(=O)N4CC[C@H](O)C4)CC3)C1)NN=C1C=C(F)c3cc(F)cc2c31. The molecule has 182 valence electrons. The number of nitrogens with one attached hydrogen (secondary N) is 1. The Morgan fingerprint density at radius 1 is 1.26 bits per heavy atom. The van der Waals surface area contributed by atoms with Gasteiger partial charge in [-0.3, -0.25) is 15.1 Å². The van der Waals surface area contributed by atoms with Crippen LogP contribution in [0.25, 0.3) is 11.4 Å². The maximum Gasteiger partial charge on any atom is 0.236 e. The minimum atomic E-state index is -0.483. The number of aliphatic hydroxyl groups excluding tert-OH is 1. The fourth-order valence-electron chi connectivity index (χ4n) is 5.56. The molecule has 1 aliphatic carbocycles. The van der Waals surface area contributed by atoms with Gasteiger partial charge in [-0.15, -0.1) is 0 Å². The molecule has 1 aromatic carbocycles. The summed E-state index contributed by atoms with van der Waals surface area (Å²) in [6.07, 6.45) is 6.44. The monoisotopic (exact) mass is 479 g/mol. The summed E-state index contributed by atoms with van der Waals surface area (Å²) in [5, 5.41) is 14.2. The number of hydrogen-bond acceptors (Lipinski definition) is 6. The molecule has 1 amide bonds. The highest BCUT2D eigenvalue weighted by Crippen LogP contribution is 2.41. The van der Waals surface area contributed by atoms with Gasteiger partial charge in [-0.05, 0) is 36.1 Å². The lowest BCUT2D eigenvalue weighted by Gasteiger charge is -2.33. The third kappa shape index (κ3) is 3.88. The van der Waals surface area contributed by atoms with E-state index in [4.69, 9.17) is 0 Å². The van der Waals surface area contributed by atoms with Gasteiger partial charge < -0.3 is 14.9 Å². The first-order valence-electron chi connectivity index (χ1n) is 12.0. The van der Waals surface area contributed by atoms with Crippen LogP contribution in [-0.2, 0) is 4.79 Å². The lowest BCUT2D eigenvalue weighted by molar-refractivity contribution is -0.131. The number of rotatable bonds is 3. The van der Waals surface area contributed by atoms with Crippen LogP contribution in [0.2, 0.25) is 0 Å². The van der Waals surface area contributed by atoms with Crippen LogP contribution in [-0.4, -0.2) is 83.8 Å². The highest BCUT2D eigenvalue weighted by Gasteiger charge is 2.33. The average Bonchev–Trinajstić information content (AvgIpc) is 3.36. The first-order valence-corrected chi connectivity index (χ1v) is 12.0. The Balaban J connectivity index is 1.29. The molecule has 0 radical (unpaired) electrons. The molecular formula is C26H27F2N5O2. The Morgan fingerprint density at radius 3 is 2.83 bits per heavy atom. The summed E-state index contributed by atoms with van der Waals surface area (Å²) in [4.78, 5) is 18.5. The van der Waals surface area contributed by atoms with Gasteiger partial charge in [0.05, 0.1) is 24.1 Å². The van der Waals surface area contributed by atoms with Crippen LogP contribution >= 0.6 is 0 Å². The summed E-state index contributed by atoms with van der Waals surface area (Å²) < 4.78 is 29.0. The third-order valence-corrected chi connectivity index (χ3v) is 7.34. The van der Waals surface area contributed by atoms with Gasteiger partial charge in [0.25, 0.3) is 0 Å². The third-order valence-electron chi connectivity index (χ3n) is 7.34. The van der Waals surface area contributed by atoms with Crippen LogP contribution in [0.4, 0.5) is 8.78 Å². The number of β-amino-alcohol motifs (C(OH)–C–C–N with tert-alkyl or cyclic N) is 1. The van der Waals surface area contributed by atoms with E-state index in [2.05, 4.69) is 21.5 Å². The van der Waals surface area contributed by atoms with Crippen LogP contribution < -0.4 is 5.43 Å². The molecule has 2 N–H and O–H groups in total. The predicted molar refractivity (Wildman–Crippen MR) is 129 cm³/mol. The van der Waals surface area contributed by atoms with E-state index in [1.807, 2.05) is 18.1 Å². The maximum atomic E-state index is 14.5. The zero-order valence-electron chi connectivity index (χ0n) is 19.5. The van der Waals surface area contributed by atoms with E-state index >= 15 is 0 Å². The van der Waals surface area contributed by atoms with Crippen LogP contribution in [0.1, 0.15) is 29.5 Å². The molecule has 1 saturated heterocycles. The van der Waals surface area contributed by atoms with Gasteiger partial charge in [-0.1, -0.05) is 6.08 Å². The molecule has 5 aliphatic rings. The van der Waals surface area contributed by atoms with Gasteiger partial charge in [-0.2, -0.15) is 5.10 Å². The van der Waals surface area contributed by atoms with Gasteiger partial charge in [-0.25, -0.2) is 8.78 Å². The van der Waals surface area contributed by atoms with Crippen molar-refractivity contribution in [3.63, 3.8) is 0 Å². The van der Waals surface area contributed by atoms with Crippen LogP contribution in [0.5, 0.6) is 0 Å². The number of likely N-dealkylation sites (tertiary alicyclic amines) is 1. The first-order chi connectivity index (χ1) is 16.9. The number of hydrazone groups is 1. The first kappa shape index (κ1) is 22.2. The minimum absolute atomic E-state index is 0.0551. The second kappa shape index (κ2) is 8.42. The largest absolute Gasteiger partial charge is 0.391 e. The quantitative estimate of drug-likeness (QED) is 0.696. The smallest absolute Gasteiger partial charge is 0.236 e. The van der Waals surface area contributed by atoms with E-state index in [0.29, 0.717) is 56.0 Å². The summed E-state index contributed by atoms with van der Waals surface area (Å²) in [6.45, 7) is 3.42. The second-order valence-corrected chi connectivity index (χ2v) is 9.79. The highest BCUT2D eigenvalue weighted by atomic mass is 19.1. The van der Waals surface area contributed by atoms with Gasteiger partial charge >= 0.3 is 0 Å². The molecule has 4 heterocycles. The van der Waals surface area contributed by atoms with E-state index in [9.17, 15) is 18.7 Å². The van der Waals surface area contributed by atoms with Crippen molar-refractivity contribution < 1.29 is 18.7 Å². The van der Waals surface area contributed by atoms with E-state index < -0.39 is 17.7 Å². The van der Waals surface area contributed by atoms with Crippen molar-refractivity contribution >= 4 is 23.0 Å². The molecule has 1 fully saturated rings. The van der Waals surface area contributed by atoms with Gasteiger partial charge in [0.2, 0.25) is 5.91 Å². The fraction of sp³-hybridized carbons (Fsp3) is 0.385. The Labute approximate surface area is 202 Å². The van der Waals surface area contributed by atoms with E-state index in [0.717, 1.165) is 29.8 Å². The van der Waals surface area contributed by atoms with Crippen molar-refractivity contribution in [2.24, 2.45) is 5.10 Å². The average molecular weight is 480 g/mol. The molecule has 6 rings (SSSR count). The molecule has 9 heteroatoms. The van der Waals surface area contributed by atoms with Gasteiger partial charge in [0.15, 0.2) is 0 Å². The highest BCUT2D eigenvalue weighted by molar-refractivity contribution is 6.21. The summed E-state index contributed by atoms with van der Waals surface area (Å²) in [7, 11) is 1.97. The van der Waals surface area contributed by atoms with Crippen LogP contribution in [0.3, 0.4) is 0 Å². The molecule has 4 aliphatic heterocycles. The van der Waals surface area contributed by atoms with Crippen molar-refractivity contribution in [1.82, 2.24) is 20.1 Å². The standard InChI is InChI=1S/C26H27F2N5O2/c1-31-12-20(15-2-5-32(6-3-15)14-24(35)33-7-4-17(34)11-33)26-21(13-31)18-8-16(27)9-19-22(28)10-23(25(18)19)29-30-26/h2,8-10,13,17,30,34H,3-7,11-12,14H2,1H3/t17-/m0/s1. The lowest BCUT2D eigenvalue weighted by atomic mass is 9.87. The van der Waals surface area contributed by atoms with Gasteiger partial charge in [0, 0.05) is 74.3 Å². The summed E-state index contributed by atoms with van der Waals surface area (Å²) in [5.74, 6) is -0.908. The molecule has 35 heavy (non-hydrogen) atoms. The molecule has 0 aromatic heterocycles. The Kier molecular flexibility index (Phi) is 5.34. The normalized spacial score (nSPS) is 23.7. The lowest BCUT2D eigenvalue weighted by Crippen LogP contribution is -2.41. The number of amides is 1. The summed E-state index contributed by atoms with van der Waals surface area (Å²) in [6, 6.07) is 2.67. The number of hydrogen-bond donors (Lipinski definition) is 2. The zero-order valence-corrected chi connectivity index (χ0v) is 19.5. The second-order valence-electron chi connectivity index (χ2n) is 9.79. The van der Waals surface area contributed by atoms with Crippen LogP contribution in [0.15, 0.2) is 52.4 Å². The van der Waals surface area contributed by atoms with Crippen molar-refractivity contribution in [3.05, 3.63) is 69.8 Å². The molecular weight excluding hydrogens is 452 g/mol. The summed E-state index contributed by atoms with van der Waals surface area (Å²) in [5.41, 5.74) is 8.94. The molecule has 0 unspecified atom stereocenters. The Bertz CT molecular complexity index is 1280. The summed E-state index contributed by atoms with van der Waals surface area (Å²) >= 11 is 0. The number of aliphatic hydroxyl groups is 1. The van der Waals surface area contributed by atoms with E-state index in [1.165, 1.54) is 23.8 Å². The molecule has 0 bridgehead atoms. The Morgan fingerprint density at radius 2 is 2.09 bits per heavy atom. The molecule has 0 spiro atoms. The number of halogens is 2. The predicted octanol–water partition coefficient (Wildman–Crippen LogP) is 2.22. The molecule has 0 saturated carbocycles. The number of nitrogens with zero attached hydrogens (tertiary/aromatic N) is 4. The number of carbonyl (C=O) groups excluding carboxylic acids is 1. The Hall–Kier alpha value is -3.30. The van der Waals surface area contributed by atoms with Crippen molar-refractivity contribution in [2.75, 3.05) is 46.3 Å². The molecule has 7 nitrogen and oxygen atoms in total. The van der Waals surface area contributed by atoms with Crippen molar-refractivity contribution in [2.45, 2.75) is 18.9 Å². The number of likely N-dealkylation sites (N-methyl/N-ethyl adjacent to an activating group) is 1. The number of carbonyl (C=O) groups is 1. The molecule has 1 atom stereocenters. The van der Waals surface area contributed by atoms with Crippen molar-refractivity contribution in [1.29, 1.82) is 0 Å². The number of allylic oxidation sites excluding steroid dienone is 2. The topological polar surface area (TPSA) is 71.4 Å². The van der Waals surface area contributed by atoms with Gasteiger partial charge in [0.1, 0.15) is 11.6 Å². The zero-order chi connectivity index (χ0) is 24.3. The van der Waals surface area contributed by atoms with E-state index in [-0.39, 0.29) is 11.5 Å². The van der Waals surface area contributed by atoms with Crippen molar-refractivity contribution in [3.8, 4) is 0 Å².